The minimum Gasteiger partial charge on any atom is -0.0616 e. The number of fused-ring (bicyclic) bond motifs is 10. The zero-order chi connectivity index (χ0) is 36.2. The van der Waals surface area contributed by atoms with Crippen molar-refractivity contribution in [1.29, 1.82) is 0 Å². The molecule has 0 spiro atoms. The van der Waals surface area contributed by atoms with Gasteiger partial charge in [0.1, 0.15) is 0 Å². The molecule has 0 heteroatoms. The summed E-state index contributed by atoms with van der Waals surface area (Å²) in [5.41, 5.74) is 5.22. The second-order valence-corrected chi connectivity index (χ2v) is 15.8. The lowest BCUT2D eigenvalue weighted by Crippen LogP contribution is -1.93. The summed E-state index contributed by atoms with van der Waals surface area (Å²) in [4.78, 5) is 0. The normalized spacial score (nSPS) is 12.6. The third-order valence-electron chi connectivity index (χ3n) is 13.2. The van der Waals surface area contributed by atoms with Gasteiger partial charge in [-0.2, -0.15) is 0 Å². The van der Waals surface area contributed by atoms with Crippen LogP contribution in [0.2, 0.25) is 0 Å². The van der Waals surface area contributed by atoms with Gasteiger partial charge < -0.3 is 0 Å². The summed E-state index contributed by atoms with van der Waals surface area (Å²) in [6.45, 7) is 0. The molecule has 14 aromatic rings. The second kappa shape index (κ2) is 10.3. The molecule has 0 N–H and O–H groups in total. The van der Waals surface area contributed by atoms with Gasteiger partial charge in [0.05, 0.1) is 0 Å². The third-order valence-corrected chi connectivity index (χ3v) is 13.2. The third kappa shape index (κ3) is 3.47. The average molecular weight is 703 g/mol. The van der Waals surface area contributed by atoms with Gasteiger partial charge >= 0.3 is 0 Å². The number of hydrogen-bond donors (Lipinski definition) is 0. The molecule has 0 saturated carbocycles. The average Bonchev–Trinajstić information content (AvgIpc) is 3.76. The molecule has 0 aliphatic carbocycles. The lowest BCUT2D eigenvalue weighted by atomic mass is 9.82. The molecule has 0 saturated heterocycles. The van der Waals surface area contributed by atoms with Crippen LogP contribution in [0.15, 0.2) is 182 Å². The van der Waals surface area contributed by atoms with E-state index in [0.717, 1.165) is 0 Å². The molecule has 0 aliphatic heterocycles. The second-order valence-electron chi connectivity index (χ2n) is 15.8. The van der Waals surface area contributed by atoms with Crippen molar-refractivity contribution in [3.8, 4) is 22.3 Å². The van der Waals surface area contributed by atoms with E-state index < -0.39 is 0 Å². The molecule has 0 heterocycles. The monoisotopic (exact) mass is 702 g/mol. The Bertz CT molecular complexity index is 3970. The molecule has 14 rings (SSSR count). The van der Waals surface area contributed by atoms with Gasteiger partial charge in [0.2, 0.25) is 0 Å². The van der Waals surface area contributed by atoms with E-state index >= 15 is 0 Å². The summed E-state index contributed by atoms with van der Waals surface area (Å²) in [5, 5.41) is 29.1. The SMILES string of the molecule is c1ccc2c(-c3c4cc5c6ccccc6c6cccc(c4c(-c4cccc7ccccc47)c4c7ccc8ccc9cccc%10cc(c34)c7c8c9%10)c65)cccc2c1. The molecule has 56 heavy (non-hydrogen) atoms. The van der Waals surface area contributed by atoms with E-state index in [0.29, 0.717) is 0 Å². The topological polar surface area (TPSA) is 0 Å². The summed E-state index contributed by atoms with van der Waals surface area (Å²) in [5.74, 6) is 0. The van der Waals surface area contributed by atoms with Crippen molar-refractivity contribution in [2.24, 2.45) is 0 Å². The van der Waals surface area contributed by atoms with Crippen LogP contribution < -0.4 is 0 Å². The highest BCUT2D eigenvalue weighted by molar-refractivity contribution is 6.48. The molecule has 0 atom stereocenters. The Morgan fingerprint density at radius 2 is 0.679 bits per heavy atom. The van der Waals surface area contributed by atoms with E-state index in [1.54, 1.807) is 0 Å². The van der Waals surface area contributed by atoms with Crippen LogP contribution in [-0.2, 0) is 0 Å². The minimum absolute atomic E-state index is 1.26. The fraction of sp³-hybridized carbons (Fsp3) is 0. The van der Waals surface area contributed by atoms with Crippen molar-refractivity contribution < 1.29 is 0 Å². The van der Waals surface area contributed by atoms with Gasteiger partial charge in [0.15, 0.2) is 0 Å². The fourth-order valence-electron chi connectivity index (χ4n) is 11.1. The largest absolute Gasteiger partial charge is 0.0616 e. The predicted octanol–water partition coefficient (Wildman–Crippen LogP) is 16.0. The summed E-state index contributed by atoms with van der Waals surface area (Å²) in [7, 11) is 0. The summed E-state index contributed by atoms with van der Waals surface area (Å²) < 4.78 is 0. The molecule has 14 aromatic carbocycles. The molecule has 0 radical (unpaired) electrons. The highest BCUT2D eigenvalue weighted by atomic mass is 14.3. The Labute approximate surface area is 321 Å². The van der Waals surface area contributed by atoms with Gasteiger partial charge in [0.25, 0.3) is 0 Å². The Morgan fingerprint density at radius 1 is 0.179 bits per heavy atom. The highest BCUT2D eigenvalue weighted by Crippen LogP contribution is 2.57. The maximum atomic E-state index is 2.57. The van der Waals surface area contributed by atoms with Crippen LogP contribution in [0, 0.1) is 0 Å². The van der Waals surface area contributed by atoms with Crippen molar-refractivity contribution in [1.82, 2.24) is 0 Å². The van der Waals surface area contributed by atoms with Gasteiger partial charge in [-0.1, -0.05) is 170 Å². The number of benzene rings is 12. The van der Waals surface area contributed by atoms with E-state index in [1.807, 2.05) is 0 Å². The van der Waals surface area contributed by atoms with Crippen LogP contribution in [0.4, 0.5) is 0 Å². The molecule has 0 bridgehead atoms. The quantitative estimate of drug-likeness (QED) is 0.157. The van der Waals surface area contributed by atoms with Crippen LogP contribution in [0.3, 0.4) is 0 Å². The lowest BCUT2D eigenvalue weighted by Gasteiger charge is -2.20. The lowest BCUT2D eigenvalue weighted by molar-refractivity contribution is 1.72. The van der Waals surface area contributed by atoms with Gasteiger partial charge in [0, 0.05) is 0 Å². The Hall–Kier alpha value is -7.28. The Morgan fingerprint density at radius 3 is 1.45 bits per heavy atom. The van der Waals surface area contributed by atoms with Crippen LogP contribution in [-0.4, -0.2) is 0 Å². The highest BCUT2D eigenvalue weighted by Gasteiger charge is 2.28. The standard InChI is InChI=1S/C56H30/c1-3-17-36-31(11-1)13-8-21-40(36)51-47-30-45-39-20-6-5-19-38(39)42-23-10-24-43(50(42)45)53(47)54(41-22-9-14-32-12-2-4-18-37(32)41)55-44-28-27-34-26-25-33-15-7-16-35-29-46(56(51)55)52(44)49(34)48(33)35/h1-30H. The summed E-state index contributed by atoms with van der Waals surface area (Å²) >= 11 is 0. The molecule has 0 unspecified atom stereocenters. The first kappa shape index (κ1) is 29.1. The molecule has 0 fully saturated rings. The molecular weight excluding hydrogens is 673 g/mol. The molecule has 254 valence electrons. The summed E-state index contributed by atoms with van der Waals surface area (Å²) in [6.07, 6.45) is 0. The number of rotatable bonds is 2. The summed E-state index contributed by atoms with van der Waals surface area (Å²) in [6, 6.07) is 69.0. The van der Waals surface area contributed by atoms with Crippen molar-refractivity contribution >= 4 is 118 Å². The van der Waals surface area contributed by atoms with Crippen LogP contribution in [0.25, 0.3) is 141 Å². The molecule has 0 nitrogen and oxygen atoms in total. The van der Waals surface area contributed by atoms with E-state index in [2.05, 4.69) is 182 Å². The Kier molecular flexibility index (Phi) is 5.34. The van der Waals surface area contributed by atoms with Crippen LogP contribution >= 0.6 is 0 Å². The van der Waals surface area contributed by atoms with Crippen molar-refractivity contribution in [3.05, 3.63) is 182 Å². The first-order valence-corrected chi connectivity index (χ1v) is 19.7. The molecule has 0 aromatic heterocycles. The zero-order valence-electron chi connectivity index (χ0n) is 30.3. The van der Waals surface area contributed by atoms with Gasteiger partial charge in [-0.15, -0.1) is 0 Å². The maximum Gasteiger partial charge on any atom is -0.000695 e. The molecule has 0 aliphatic rings. The van der Waals surface area contributed by atoms with Crippen molar-refractivity contribution in [3.63, 3.8) is 0 Å². The zero-order valence-corrected chi connectivity index (χ0v) is 30.3. The van der Waals surface area contributed by atoms with Crippen molar-refractivity contribution in [2.75, 3.05) is 0 Å². The van der Waals surface area contributed by atoms with Crippen LogP contribution in [0.1, 0.15) is 0 Å². The van der Waals surface area contributed by atoms with Gasteiger partial charge in [-0.25, -0.2) is 0 Å². The predicted molar refractivity (Wildman–Crippen MR) is 243 cm³/mol. The molecular formula is C56H30. The number of hydrogen-bond acceptors (Lipinski definition) is 0. The first-order chi connectivity index (χ1) is 27.8. The fourth-order valence-corrected chi connectivity index (χ4v) is 11.1. The maximum absolute atomic E-state index is 2.57. The molecule has 0 amide bonds. The van der Waals surface area contributed by atoms with Crippen molar-refractivity contribution in [2.45, 2.75) is 0 Å². The smallest absolute Gasteiger partial charge is 0.000695 e. The van der Waals surface area contributed by atoms with E-state index in [1.165, 1.54) is 141 Å². The van der Waals surface area contributed by atoms with E-state index in [9.17, 15) is 0 Å². The van der Waals surface area contributed by atoms with E-state index in [4.69, 9.17) is 0 Å². The van der Waals surface area contributed by atoms with E-state index in [-0.39, 0.29) is 0 Å². The minimum atomic E-state index is 1.26. The van der Waals surface area contributed by atoms with Crippen LogP contribution in [0.5, 0.6) is 0 Å². The first-order valence-electron chi connectivity index (χ1n) is 19.7. The van der Waals surface area contributed by atoms with Gasteiger partial charge in [-0.05, 0) is 153 Å². The Balaban J connectivity index is 1.38. The van der Waals surface area contributed by atoms with Gasteiger partial charge in [-0.3, -0.25) is 0 Å².